The molecule has 0 fully saturated rings. The maximum absolute atomic E-state index is 12.3. The van der Waals surface area contributed by atoms with Crippen LogP contribution >= 0.6 is 11.3 Å². The van der Waals surface area contributed by atoms with Gasteiger partial charge < -0.3 is 10.6 Å². The molecule has 2 N–H and O–H groups in total. The molecule has 1 aromatic heterocycles. The number of fused-ring (bicyclic) bond motifs is 1. The van der Waals surface area contributed by atoms with E-state index < -0.39 is 0 Å². The lowest BCUT2D eigenvalue weighted by atomic mass is 10.1. The average Bonchev–Trinajstić information content (AvgIpc) is 3.26. The number of carbonyl (C=O) groups is 2. The van der Waals surface area contributed by atoms with Gasteiger partial charge in [-0.25, -0.2) is 4.98 Å². The van der Waals surface area contributed by atoms with Crippen molar-refractivity contribution in [2.24, 2.45) is 0 Å². The Labute approximate surface area is 161 Å². The fraction of sp³-hybridized carbons (Fsp3) is 0.190. The standard InChI is InChI=1S/C21H19N3O2S/c1-12-3-4-15(7-13(12)2)21(26)22-10-20-24-18(11-27-20)14-5-6-17-16(8-14)9-19(25)23-17/h3-8,11H,9-10H2,1-2H3,(H,22,26)(H,23,25). The van der Waals surface area contributed by atoms with Crippen LogP contribution in [0.3, 0.4) is 0 Å². The van der Waals surface area contributed by atoms with E-state index >= 15 is 0 Å². The molecule has 2 amide bonds. The fourth-order valence-electron chi connectivity index (χ4n) is 3.05. The number of aromatic nitrogens is 1. The largest absolute Gasteiger partial charge is 0.346 e. The van der Waals surface area contributed by atoms with Crippen molar-refractivity contribution in [3.63, 3.8) is 0 Å². The summed E-state index contributed by atoms with van der Waals surface area (Å²) in [5, 5.41) is 8.58. The first-order valence-electron chi connectivity index (χ1n) is 8.72. The quantitative estimate of drug-likeness (QED) is 0.725. The van der Waals surface area contributed by atoms with Crippen LogP contribution in [0.25, 0.3) is 11.3 Å². The van der Waals surface area contributed by atoms with E-state index in [4.69, 9.17) is 0 Å². The van der Waals surface area contributed by atoms with Crippen LogP contribution in [-0.4, -0.2) is 16.8 Å². The number of hydrogen-bond acceptors (Lipinski definition) is 4. The Morgan fingerprint density at radius 1 is 1.19 bits per heavy atom. The fourth-order valence-corrected chi connectivity index (χ4v) is 3.80. The van der Waals surface area contributed by atoms with Crippen LogP contribution in [0, 0.1) is 13.8 Å². The van der Waals surface area contributed by atoms with E-state index in [1.54, 1.807) is 0 Å². The second-order valence-corrected chi connectivity index (χ2v) is 7.65. The number of carbonyl (C=O) groups excluding carboxylic acids is 2. The van der Waals surface area contributed by atoms with Gasteiger partial charge in [0.05, 0.1) is 18.7 Å². The summed E-state index contributed by atoms with van der Waals surface area (Å²) in [7, 11) is 0. The predicted molar refractivity (Wildman–Crippen MR) is 107 cm³/mol. The highest BCUT2D eigenvalue weighted by Gasteiger charge is 2.18. The Hall–Kier alpha value is -2.99. The molecule has 0 atom stereocenters. The molecule has 0 aliphatic carbocycles. The first-order chi connectivity index (χ1) is 13.0. The van der Waals surface area contributed by atoms with Crippen LogP contribution in [0.15, 0.2) is 41.8 Å². The minimum atomic E-state index is -0.100. The van der Waals surface area contributed by atoms with Crippen LogP contribution in [0.5, 0.6) is 0 Å². The topological polar surface area (TPSA) is 71.1 Å². The lowest BCUT2D eigenvalue weighted by Crippen LogP contribution is -2.22. The number of nitrogens with zero attached hydrogens (tertiary/aromatic N) is 1. The van der Waals surface area contributed by atoms with E-state index in [0.29, 0.717) is 18.5 Å². The summed E-state index contributed by atoms with van der Waals surface area (Å²) < 4.78 is 0. The maximum Gasteiger partial charge on any atom is 0.251 e. The van der Waals surface area contributed by atoms with Gasteiger partial charge in [-0.05, 0) is 54.8 Å². The van der Waals surface area contributed by atoms with Gasteiger partial charge >= 0.3 is 0 Å². The molecule has 1 aliphatic rings. The molecule has 0 saturated carbocycles. The summed E-state index contributed by atoms with van der Waals surface area (Å²) in [6.07, 6.45) is 0.409. The zero-order chi connectivity index (χ0) is 19.0. The van der Waals surface area contributed by atoms with E-state index in [0.717, 1.165) is 33.1 Å². The van der Waals surface area contributed by atoms with Crippen molar-refractivity contribution in [3.8, 4) is 11.3 Å². The summed E-state index contributed by atoms with van der Waals surface area (Å²) in [5.74, 6) is -0.0767. The molecule has 0 saturated heterocycles. The summed E-state index contributed by atoms with van der Waals surface area (Å²) in [5.41, 5.74) is 6.64. The number of nitrogens with one attached hydrogen (secondary N) is 2. The Kier molecular flexibility index (Phi) is 4.49. The SMILES string of the molecule is Cc1ccc(C(=O)NCc2nc(-c3ccc4c(c3)CC(=O)N4)cs2)cc1C. The van der Waals surface area contributed by atoms with E-state index in [1.807, 2.05) is 55.6 Å². The molecule has 0 unspecified atom stereocenters. The summed E-state index contributed by atoms with van der Waals surface area (Å²) in [6.45, 7) is 4.42. The van der Waals surface area contributed by atoms with E-state index in [9.17, 15) is 9.59 Å². The molecule has 0 bridgehead atoms. The first kappa shape index (κ1) is 17.4. The number of hydrogen-bond donors (Lipinski definition) is 2. The Morgan fingerprint density at radius 3 is 2.85 bits per heavy atom. The molecule has 0 spiro atoms. The molecular formula is C21H19N3O2S. The summed E-state index contributed by atoms with van der Waals surface area (Å²) >= 11 is 1.51. The lowest BCUT2D eigenvalue weighted by molar-refractivity contribution is -0.115. The molecule has 5 nitrogen and oxygen atoms in total. The van der Waals surface area contributed by atoms with Crippen LogP contribution in [0.4, 0.5) is 5.69 Å². The third-order valence-electron chi connectivity index (χ3n) is 4.75. The van der Waals surface area contributed by atoms with Crippen LogP contribution < -0.4 is 10.6 Å². The van der Waals surface area contributed by atoms with Crippen molar-refractivity contribution in [2.75, 3.05) is 5.32 Å². The number of benzene rings is 2. The molecule has 27 heavy (non-hydrogen) atoms. The van der Waals surface area contributed by atoms with Crippen LogP contribution in [-0.2, 0) is 17.8 Å². The number of thiazole rings is 1. The van der Waals surface area contributed by atoms with Gasteiger partial charge in [-0.15, -0.1) is 11.3 Å². The predicted octanol–water partition coefficient (Wildman–Crippen LogP) is 3.85. The van der Waals surface area contributed by atoms with Gasteiger partial charge in [-0.1, -0.05) is 12.1 Å². The minimum absolute atomic E-state index is 0.0233. The average molecular weight is 377 g/mol. The third kappa shape index (κ3) is 3.61. The van der Waals surface area contributed by atoms with Gasteiger partial charge in [0.2, 0.25) is 5.91 Å². The van der Waals surface area contributed by atoms with Crippen molar-refractivity contribution < 1.29 is 9.59 Å². The maximum atomic E-state index is 12.3. The number of amides is 2. The Morgan fingerprint density at radius 2 is 2.04 bits per heavy atom. The van der Waals surface area contributed by atoms with E-state index in [-0.39, 0.29) is 11.8 Å². The van der Waals surface area contributed by atoms with Gasteiger partial charge in [0.25, 0.3) is 5.91 Å². The normalized spacial score (nSPS) is 12.6. The van der Waals surface area contributed by atoms with Gasteiger partial charge in [0.1, 0.15) is 5.01 Å². The molecule has 2 heterocycles. The highest BCUT2D eigenvalue weighted by molar-refractivity contribution is 7.09. The lowest BCUT2D eigenvalue weighted by Gasteiger charge is -2.06. The molecule has 0 radical (unpaired) electrons. The van der Waals surface area contributed by atoms with Crippen molar-refractivity contribution in [1.82, 2.24) is 10.3 Å². The third-order valence-corrected chi connectivity index (χ3v) is 5.60. The van der Waals surface area contributed by atoms with Crippen molar-refractivity contribution in [1.29, 1.82) is 0 Å². The van der Waals surface area contributed by atoms with Gasteiger partial charge in [-0.2, -0.15) is 0 Å². The molecule has 4 rings (SSSR count). The molecule has 136 valence electrons. The number of anilines is 1. The molecule has 6 heteroatoms. The highest BCUT2D eigenvalue weighted by atomic mass is 32.1. The van der Waals surface area contributed by atoms with E-state index in [2.05, 4.69) is 15.6 Å². The van der Waals surface area contributed by atoms with Gasteiger partial charge in [-0.3, -0.25) is 9.59 Å². The van der Waals surface area contributed by atoms with Crippen molar-refractivity contribution in [3.05, 3.63) is 69.0 Å². The van der Waals surface area contributed by atoms with E-state index in [1.165, 1.54) is 16.9 Å². The highest BCUT2D eigenvalue weighted by Crippen LogP contribution is 2.29. The summed E-state index contributed by atoms with van der Waals surface area (Å²) in [4.78, 5) is 28.5. The zero-order valence-electron chi connectivity index (χ0n) is 15.1. The first-order valence-corrected chi connectivity index (χ1v) is 9.60. The van der Waals surface area contributed by atoms with Gasteiger partial charge in [0, 0.05) is 22.2 Å². The Bertz CT molecular complexity index is 1060. The number of aryl methyl sites for hydroxylation is 2. The zero-order valence-corrected chi connectivity index (χ0v) is 15.9. The second kappa shape index (κ2) is 6.96. The smallest absolute Gasteiger partial charge is 0.251 e. The molecule has 2 aromatic carbocycles. The second-order valence-electron chi connectivity index (χ2n) is 6.71. The Balaban J connectivity index is 1.44. The van der Waals surface area contributed by atoms with Crippen molar-refractivity contribution >= 4 is 28.8 Å². The van der Waals surface area contributed by atoms with Crippen molar-refractivity contribution in [2.45, 2.75) is 26.8 Å². The minimum Gasteiger partial charge on any atom is -0.346 e. The molecular weight excluding hydrogens is 358 g/mol. The monoisotopic (exact) mass is 377 g/mol. The van der Waals surface area contributed by atoms with Crippen LogP contribution in [0.1, 0.15) is 32.1 Å². The van der Waals surface area contributed by atoms with Crippen LogP contribution in [0.2, 0.25) is 0 Å². The number of rotatable bonds is 4. The molecule has 3 aromatic rings. The van der Waals surface area contributed by atoms with Gasteiger partial charge in [0.15, 0.2) is 0 Å². The molecule has 1 aliphatic heterocycles. The summed E-state index contributed by atoms with van der Waals surface area (Å²) in [6, 6.07) is 11.6.